The molecule has 3 aromatic rings. The van der Waals surface area contributed by atoms with Crippen molar-refractivity contribution in [3.63, 3.8) is 0 Å². The molecule has 0 spiro atoms. The Kier molecular flexibility index (Phi) is 3.56. The Hall–Kier alpha value is -2.26. The largest absolute Gasteiger partial charge is 0.382 e. The number of nitrogens with zero attached hydrogens (tertiary/aromatic N) is 1. The van der Waals surface area contributed by atoms with Crippen LogP contribution in [0.5, 0.6) is 0 Å². The molecule has 2 aromatic carbocycles. The van der Waals surface area contributed by atoms with Crippen LogP contribution in [0.15, 0.2) is 54.7 Å². The quantitative estimate of drug-likeness (QED) is 0.717. The van der Waals surface area contributed by atoms with Crippen molar-refractivity contribution in [2.24, 2.45) is 0 Å². The third-order valence-electron chi connectivity index (χ3n) is 6.22. The van der Waals surface area contributed by atoms with Crippen LogP contribution in [0.3, 0.4) is 0 Å². The molecule has 2 saturated heterocycles. The molecule has 1 aromatic heterocycles. The Bertz CT molecular complexity index is 883. The molecule has 0 aliphatic carbocycles. The molecule has 0 saturated carbocycles. The first kappa shape index (κ1) is 15.0. The summed E-state index contributed by atoms with van der Waals surface area (Å²) in [5.41, 5.74) is 5.00. The highest BCUT2D eigenvalue weighted by Gasteiger charge is 2.38. The summed E-state index contributed by atoms with van der Waals surface area (Å²) < 4.78 is 0. The normalized spacial score (nSPS) is 26.2. The zero-order chi connectivity index (χ0) is 16.8. The number of aromatic amines is 1. The van der Waals surface area contributed by atoms with Crippen LogP contribution in [0, 0.1) is 0 Å². The molecule has 2 aliphatic rings. The number of anilines is 1. The Labute approximate surface area is 149 Å². The van der Waals surface area contributed by atoms with E-state index in [1.54, 1.807) is 0 Å². The summed E-state index contributed by atoms with van der Waals surface area (Å²) in [6, 6.07) is 19.8. The minimum Gasteiger partial charge on any atom is -0.382 e. The molecule has 3 atom stereocenters. The minimum atomic E-state index is 0.608. The van der Waals surface area contributed by atoms with Crippen LogP contribution in [0.2, 0.25) is 0 Å². The molecule has 0 amide bonds. The molecule has 3 heteroatoms. The van der Waals surface area contributed by atoms with Gasteiger partial charge in [-0.15, -0.1) is 0 Å². The van der Waals surface area contributed by atoms with Gasteiger partial charge < -0.3 is 15.2 Å². The van der Waals surface area contributed by atoms with Crippen LogP contribution in [0.4, 0.5) is 5.69 Å². The van der Waals surface area contributed by atoms with Gasteiger partial charge in [0.2, 0.25) is 0 Å². The summed E-state index contributed by atoms with van der Waals surface area (Å²) >= 11 is 0. The second-order valence-corrected chi connectivity index (χ2v) is 7.72. The van der Waals surface area contributed by atoms with Gasteiger partial charge in [-0.1, -0.05) is 18.2 Å². The Morgan fingerprint density at radius 2 is 1.76 bits per heavy atom. The van der Waals surface area contributed by atoms with E-state index in [2.05, 4.69) is 70.8 Å². The fourth-order valence-corrected chi connectivity index (χ4v) is 4.79. The predicted molar refractivity (Wildman–Crippen MR) is 105 cm³/mol. The lowest BCUT2D eigenvalue weighted by Crippen LogP contribution is -2.44. The van der Waals surface area contributed by atoms with Gasteiger partial charge in [0, 0.05) is 35.5 Å². The lowest BCUT2D eigenvalue weighted by Gasteiger charge is -2.37. The smallest absolute Gasteiger partial charge is 0.0454 e. The molecule has 2 bridgehead atoms. The van der Waals surface area contributed by atoms with Crippen LogP contribution in [0.25, 0.3) is 22.0 Å². The molecule has 3 nitrogen and oxygen atoms in total. The van der Waals surface area contributed by atoms with Crippen molar-refractivity contribution >= 4 is 16.6 Å². The summed E-state index contributed by atoms with van der Waals surface area (Å²) in [5.74, 6) is 0. The van der Waals surface area contributed by atoms with Crippen LogP contribution >= 0.6 is 0 Å². The van der Waals surface area contributed by atoms with Crippen LogP contribution in [0.1, 0.15) is 25.7 Å². The van der Waals surface area contributed by atoms with Gasteiger partial charge in [0.15, 0.2) is 0 Å². The maximum atomic E-state index is 3.81. The average Bonchev–Trinajstić information content (AvgIpc) is 3.16. The Morgan fingerprint density at radius 1 is 0.960 bits per heavy atom. The molecule has 25 heavy (non-hydrogen) atoms. The van der Waals surface area contributed by atoms with Gasteiger partial charge in [-0.3, -0.25) is 0 Å². The summed E-state index contributed by atoms with van der Waals surface area (Å²) in [5, 5.41) is 5.08. The molecular formula is C22H25N3. The van der Waals surface area contributed by atoms with Crippen molar-refractivity contribution in [1.29, 1.82) is 0 Å². The van der Waals surface area contributed by atoms with Crippen molar-refractivity contribution < 1.29 is 0 Å². The van der Waals surface area contributed by atoms with Gasteiger partial charge in [0.05, 0.1) is 0 Å². The van der Waals surface area contributed by atoms with E-state index in [0.29, 0.717) is 6.04 Å². The number of rotatable bonds is 3. The van der Waals surface area contributed by atoms with Gasteiger partial charge in [0.25, 0.3) is 0 Å². The number of fused-ring (bicyclic) bond motifs is 3. The van der Waals surface area contributed by atoms with Gasteiger partial charge >= 0.3 is 0 Å². The summed E-state index contributed by atoms with van der Waals surface area (Å²) in [7, 11) is 2.30. The first-order valence-corrected chi connectivity index (χ1v) is 9.42. The number of hydrogen-bond donors (Lipinski definition) is 2. The molecule has 2 fully saturated rings. The molecule has 2 aliphatic heterocycles. The van der Waals surface area contributed by atoms with Gasteiger partial charge in [-0.25, -0.2) is 0 Å². The van der Waals surface area contributed by atoms with Crippen molar-refractivity contribution in [3.8, 4) is 11.1 Å². The van der Waals surface area contributed by atoms with Crippen molar-refractivity contribution in [2.45, 2.75) is 43.8 Å². The zero-order valence-corrected chi connectivity index (χ0v) is 14.7. The molecule has 5 rings (SSSR count). The summed E-state index contributed by atoms with van der Waals surface area (Å²) in [4.78, 5) is 5.86. The topological polar surface area (TPSA) is 31.1 Å². The zero-order valence-electron chi connectivity index (χ0n) is 14.7. The standard InChI is InChI=1S/C22H25N3/c1-25-20-6-7-21(25)14-19(13-20)24-18-4-2-3-15(12-18)16-5-8-22-17(11-16)9-10-23-22/h2-5,8-12,19-21,23-24H,6-7,13-14H2,1H3/t19?,20-,21+. The van der Waals surface area contributed by atoms with E-state index in [9.17, 15) is 0 Å². The Balaban J connectivity index is 1.38. The third kappa shape index (κ3) is 2.73. The van der Waals surface area contributed by atoms with E-state index in [-0.39, 0.29) is 0 Å². The van der Waals surface area contributed by atoms with E-state index < -0.39 is 0 Å². The highest BCUT2D eigenvalue weighted by atomic mass is 15.2. The van der Waals surface area contributed by atoms with Crippen molar-refractivity contribution in [3.05, 3.63) is 54.7 Å². The number of H-pyrrole nitrogens is 1. The fraction of sp³-hybridized carbons (Fsp3) is 0.364. The van der Waals surface area contributed by atoms with Crippen molar-refractivity contribution in [1.82, 2.24) is 9.88 Å². The molecule has 1 unspecified atom stereocenters. The molecule has 128 valence electrons. The molecular weight excluding hydrogens is 306 g/mol. The Morgan fingerprint density at radius 3 is 2.60 bits per heavy atom. The van der Waals surface area contributed by atoms with E-state index >= 15 is 0 Å². The van der Waals surface area contributed by atoms with Crippen molar-refractivity contribution in [2.75, 3.05) is 12.4 Å². The number of benzene rings is 2. The lowest BCUT2D eigenvalue weighted by atomic mass is 9.97. The van der Waals surface area contributed by atoms with E-state index in [0.717, 1.165) is 12.1 Å². The number of nitrogens with one attached hydrogen (secondary N) is 2. The molecule has 0 radical (unpaired) electrons. The van der Waals surface area contributed by atoms with Gasteiger partial charge in [-0.05, 0) is 79.6 Å². The van der Waals surface area contributed by atoms with Gasteiger partial charge in [-0.2, -0.15) is 0 Å². The first-order chi connectivity index (χ1) is 12.3. The second kappa shape index (κ2) is 5.92. The number of piperidine rings is 1. The summed E-state index contributed by atoms with van der Waals surface area (Å²) in [6.07, 6.45) is 7.28. The minimum absolute atomic E-state index is 0.608. The monoisotopic (exact) mass is 331 g/mol. The SMILES string of the molecule is CN1[C@@H]2CC[C@H]1CC(Nc1cccc(-c3ccc4[nH]ccc4c3)c1)C2. The maximum Gasteiger partial charge on any atom is 0.0454 e. The second-order valence-electron chi connectivity index (χ2n) is 7.72. The first-order valence-electron chi connectivity index (χ1n) is 9.42. The number of aromatic nitrogens is 1. The highest BCUT2D eigenvalue weighted by Crippen LogP contribution is 2.36. The number of hydrogen-bond acceptors (Lipinski definition) is 2. The average molecular weight is 331 g/mol. The van der Waals surface area contributed by atoms with Crippen LogP contribution < -0.4 is 5.32 Å². The van der Waals surface area contributed by atoms with E-state index in [1.807, 2.05) is 6.20 Å². The van der Waals surface area contributed by atoms with E-state index in [1.165, 1.54) is 53.4 Å². The fourth-order valence-electron chi connectivity index (χ4n) is 4.79. The highest BCUT2D eigenvalue weighted by molar-refractivity contribution is 5.85. The lowest BCUT2D eigenvalue weighted by molar-refractivity contribution is 0.169. The van der Waals surface area contributed by atoms with E-state index in [4.69, 9.17) is 0 Å². The predicted octanol–water partition coefficient (Wildman–Crippen LogP) is 4.87. The maximum absolute atomic E-state index is 3.81. The summed E-state index contributed by atoms with van der Waals surface area (Å²) in [6.45, 7) is 0. The third-order valence-corrected chi connectivity index (χ3v) is 6.22. The van der Waals surface area contributed by atoms with Gasteiger partial charge in [0.1, 0.15) is 0 Å². The van der Waals surface area contributed by atoms with Crippen LogP contribution in [-0.2, 0) is 0 Å². The molecule has 2 N–H and O–H groups in total. The molecule has 3 heterocycles. The van der Waals surface area contributed by atoms with Crippen LogP contribution in [-0.4, -0.2) is 35.1 Å².